The third-order valence-electron chi connectivity index (χ3n) is 4.38. The SMILES string of the molecule is O=C(CNC(=O)c1ccc(N2C(=O)CCC2=O)cc1)OCc1ccc([N+](=O)[O-])cc1. The van der Waals surface area contributed by atoms with E-state index in [0.29, 0.717) is 11.3 Å². The zero-order valence-electron chi connectivity index (χ0n) is 15.7. The summed E-state index contributed by atoms with van der Waals surface area (Å²) in [7, 11) is 0. The van der Waals surface area contributed by atoms with Crippen molar-refractivity contribution in [3.8, 4) is 0 Å². The Morgan fingerprint density at radius 3 is 2.17 bits per heavy atom. The van der Waals surface area contributed by atoms with E-state index < -0.39 is 16.8 Å². The Hall–Kier alpha value is -4.08. The van der Waals surface area contributed by atoms with Gasteiger partial charge in [0.1, 0.15) is 13.2 Å². The van der Waals surface area contributed by atoms with E-state index >= 15 is 0 Å². The minimum absolute atomic E-state index is 0.0678. The van der Waals surface area contributed by atoms with Crippen molar-refractivity contribution >= 4 is 35.1 Å². The highest BCUT2D eigenvalue weighted by molar-refractivity contribution is 6.19. The number of nitro benzene ring substituents is 1. The summed E-state index contributed by atoms with van der Waals surface area (Å²) in [6, 6.07) is 11.4. The molecule has 3 amide bonds. The van der Waals surface area contributed by atoms with Gasteiger partial charge in [0.15, 0.2) is 0 Å². The van der Waals surface area contributed by atoms with Gasteiger partial charge in [-0.2, -0.15) is 0 Å². The Labute approximate surface area is 170 Å². The molecule has 0 aromatic heterocycles. The van der Waals surface area contributed by atoms with E-state index in [2.05, 4.69) is 5.32 Å². The van der Waals surface area contributed by atoms with Crippen LogP contribution >= 0.6 is 0 Å². The molecule has 0 unspecified atom stereocenters. The molecule has 1 saturated heterocycles. The Balaban J connectivity index is 1.47. The number of nitro groups is 1. The minimum atomic E-state index is -0.674. The summed E-state index contributed by atoms with van der Waals surface area (Å²) < 4.78 is 5.02. The van der Waals surface area contributed by atoms with Crippen molar-refractivity contribution < 1.29 is 28.8 Å². The van der Waals surface area contributed by atoms with Crippen LogP contribution in [0, 0.1) is 10.1 Å². The number of nitrogens with zero attached hydrogens (tertiary/aromatic N) is 2. The van der Waals surface area contributed by atoms with Crippen molar-refractivity contribution in [2.45, 2.75) is 19.4 Å². The van der Waals surface area contributed by atoms with Gasteiger partial charge in [-0.05, 0) is 42.0 Å². The van der Waals surface area contributed by atoms with Gasteiger partial charge in [-0.15, -0.1) is 0 Å². The molecule has 154 valence electrons. The number of imide groups is 1. The lowest BCUT2D eigenvalue weighted by Gasteiger charge is -2.14. The van der Waals surface area contributed by atoms with Gasteiger partial charge in [0.05, 0.1) is 10.6 Å². The van der Waals surface area contributed by atoms with Crippen molar-refractivity contribution in [1.82, 2.24) is 5.32 Å². The fraction of sp³-hybridized carbons (Fsp3) is 0.200. The van der Waals surface area contributed by atoms with Crippen molar-refractivity contribution in [3.05, 3.63) is 69.8 Å². The van der Waals surface area contributed by atoms with Crippen LogP contribution in [0.2, 0.25) is 0 Å². The number of anilines is 1. The van der Waals surface area contributed by atoms with Gasteiger partial charge in [-0.1, -0.05) is 0 Å². The predicted molar refractivity (Wildman–Crippen MR) is 103 cm³/mol. The van der Waals surface area contributed by atoms with Gasteiger partial charge >= 0.3 is 5.97 Å². The maximum Gasteiger partial charge on any atom is 0.325 e. The molecule has 1 aliphatic rings. The molecule has 10 heteroatoms. The smallest absolute Gasteiger partial charge is 0.325 e. The first-order valence-electron chi connectivity index (χ1n) is 8.98. The zero-order valence-corrected chi connectivity index (χ0v) is 15.7. The van der Waals surface area contributed by atoms with E-state index in [0.717, 1.165) is 4.90 Å². The number of esters is 1. The zero-order chi connectivity index (χ0) is 21.7. The molecule has 0 saturated carbocycles. The number of nitrogens with one attached hydrogen (secondary N) is 1. The first-order valence-corrected chi connectivity index (χ1v) is 8.98. The summed E-state index contributed by atoms with van der Waals surface area (Å²) in [4.78, 5) is 58.6. The highest BCUT2D eigenvalue weighted by Crippen LogP contribution is 2.22. The molecule has 0 atom stereocenters. The number of rotatable bonds is 7. The van der Waals surface area contributed by atoms with Crippen molar-refractivity contribution in [3.63, 3.8) is 0 Å². The van der Waals surface area contributed by atoms with Gasteiger partial charge in [-0.25, -0.2) is 0 Å². The number of amides is 3. The maximum atomic E-state index is 12.2. The molecule has 1 aliphatic heterocycles. The summed E-state index contributed by atoms with van der Waals surface area (Å²) in [6.07, 6.45) is 0.339. The van der Waals surface area contributed by atoms with Crippen molar-refractivity contribution in [2.24, 2.45) is 0 Å². The largest absolute Gasteiger partial charge is 0.460 e. The average Bonchev–Trinajstić information content (AvgIpc) is 3.08. The molecule has 1 N–H and O–H groups in total. The van der Waals surface area contributed by atoms with Crippen molar-refractivity contribution in [2.75, 3.05) is 11.4 Å². The van der Waals surface area contributed by atoms with E-state index in [9.17, 15) is 29.3 Å². The molecule has 0 radical (unpaired) electrons. The van der Waals surface area contributed by atoms with Gasteiger partial charge in [-0.3, -0.25) is 34.2 Å². The number of ether oxygens (including phenoxy) is 1. The lowest BCUT2D eigenvalue weighted by molar-refractivity contribution is -0.384. The molecule has 0 aliphatic carbocycles. The van der Waals surface area contributed by atoms with E-state index in [-0.39, 0.29) is 49.1 Å². The highest BCUT2D eigenvalue weighted by atomic mass is 16.6. The predicted octanol–water partition coefficient (Wildman–Crippen LogP) is 1.72. The quantitative estimate of drug-likeness (QED) is 0.317. The summed E-state index contributed by atoms with van der Waals surface area (Å²) in [6.45, 7) is -0.448. The second kappa shape index (κ2) is 8.95. The second-order valence-corrected chi connectivity index (χ2v) is 6.44. The molecule has 10 nitrogen and oxygen atoms in total. The highest BCUT2D eigenvalue weighted by Gasteiger charge is 2.30. The van der Waals surface area contributed by atoms with E-state index in [1.165, 1.54) is 48.5 Å². The van der Waals surface area contributed by atoms with E-state index in [1.54, 1.807) is 0 Å². The fourth-order valence-corrected chi connectivity index (χ4v) is 2.81. The summed E-state index contributed by atoms with van der Waals surface area (Å²) in [5, 5.41) is 13.0. The van der Waals surface area contributed by atoms with E-state index in [4.69, 9.17) is 4.74 Å². The van der Waals surface area contributed by atoms with Crippen LogP contribution in [0.5, 0.6) is 0 Å². The van der Waals surface area contributed by atoms with Gasteiger partial charge in [0, 0.05) is 30.5 Å². The molecule has 1 fully saturated rings. The molecule has 2 aromatic rings. The summed E-state index contributed by atoms with van der Waals surface area (Å²) >= 11 is 0. The minimum Gasteiger partial charge on any atom is -0.460 e. The van der Waals surface area contributed by atoms with Crippen LogP contribution in [0.15, 0.2) is 48.5 Å². The molecule has 1 heterocycles. The second-order valence-electron chi connectivity index (χ2n) is 6.44. The lowest BCUT2D eigenvalue weighted by atomic mass is 10.2. The van der Waals surface area contributed by atoms with Crippen LogP contribution in [0.1, 0.15) is 28.8 Å². The molecule has 30 heavy (non-hydrogen) atoms. The number of hydrogen-bond acceptors (Lipinski definition) is 7. The van der Waals surface area contributed by atoms with Crippen LogP contribution in [-0.2, 0) is 25.7 Å². The third-order valence-corrected chi connectivity index (χ3v) is 4.38. The summed E-state index contributed by atoms with van der Waals surface area (Å²) in [5.41, 5.74) is 1.14. The maximum absolute atomic E-state index is 12.2. The molecular weight excluding hydrogens is 394 g/mol. The Morgan fingerprint density at radius 2 is 1.60 bits per heavy atom. The Kier molecular flexibility index (Phi) is 6.16. The first kappa shape index (κ1) is 20.6. The Morgan fingerprint density at radius 1 is 1.00 bits per heavy atom. The normalized spacial score (nSPS) is 13.3. The van der Waals surface area contributed by atoms with Gasteiger partial charge in [0.2, 0.25) is 11.8 Å². The monoisotopic (exact) mass is 411 g/mol. The standard InChI is InChI=1S/C20H17N3O7/c24-17-9-10-18(25)22(17)15-7-3-14(4-8-15)20(27)21-11-19(26)30-12-13-1-5-16(6-2-13)23(28)29/h1-8H,9-12H2,(H,21,27). The first-order chi connectivity index (χ1) is 14.3. The molecule has 3 rings (SSSR count). The number of carbonyl (C=O) groups excluding carboxylic acids is 4. The number of hydrogen-bond donors (Lipinski definition) is 1. The molecule has 0 spiro atoms. The van der Waals surface area contributed by atoms with Crippen LogP contribution in [0.4, 0.5) is 11.4 Å². The van der Waals surface area contributed by atoms with E-state index in [1.807, 2.05) is 0 Å². The number of non-ortho nitro benzene ring substituents is 1. The summed E-state index contributed by atoms with van der Waals surface area (Å²) in [5.74, 6) is -1.76. The van der Waals surface area contributed by atoms with Crippen LogP contribution in [0.25, 0.3) is 0 Å². The lowest BCUT2D eigenvalue weighted by Crippen LogP contribution is -2.31. The van der Waals surface area contributed by atoms with Gasteiger partial charge < -0.3 is 10.1 Å². The van der Waals surface area contributed by atoms with Crippen LogP contribution in [0.3, 0.4) is 0 Å². The fourth-order valence-electron chi connectivity index (χ4n) is 2.81. The number of carbonyl (C=O) groups is 4. The third kappa shape index (κ3) is 4.85. The molecular formula is C20H17N3O7. The Bertz CT molecular complexity index is 984. The average molecular weight is 411 g/mol. The molecule has 2 aromatic carbocycles. The van der Waals surface area contributed by atoms with Crippen LogP contribution < -0.4 is 10.2 Å². The van der Waals surface area contributed by atoms with Crippen molar-refractivity contribution in [1.29, 1.82) is 0 Å². The molecule has 0 bridgehead atoms. The number of benzene rings is 2. The topological polar surface area (TPSA) is 136 Å². The van der Waals surface area contributed by atoms with Gasteiger partial charge in [0.25, 0.3) is 11.6 Å². The van der Waals surface area contributed by atoms with Crippen LogP contribution in [-0.4, -0.2) is 35.2 Å².